The fourth-order valence-corrected chi connectivity index (χ4v) is 7.10. The lowest BCUT2D eigenvalue weighted by atomic mass is 9.74. The van der Waals surface area contributed by atoms with Crippen molar-refractivity contribution in [3.05, 3.63) is 60.2 Å². The van der Waals surface area contributed by atoms with E-state index in [2.05, 4.69) is 6.92 Å². The van der Waals surface area contributed by atoms with Crippen molar-refractivity contribution in [3.63, 3.8) is 0 Å². The van der Waals surface area contributed by atoms with Gasteiger partial charge in [-0.1, -0.05) is 80.8 Å². The standard InChI is InChI=1S/C32H43N3O5/c1-3-4-18-33-19-13-17-32-26(29(38)35(27(32)30(33)39)21-10-5-6-11-22-36)25-28(37)34(20-12-16-31(25,2)40-32)23-24-14-8-7-9-15-24/h7-9,12-17,25-27,36H,3-6,10-11,18-23H2,1-2H3/t25-,26+,27?,31+,32+/m1/s1. The number of amides is 3. The number of benzene rings is 1. The maximum absolute atomic E-state index is 14.4. The van der Waals surface area contributed by atoms with E-state index in [-0.39, 0.29) is 24.3 Å². The zero-order valence-electron chi connectivity index (χ0n) is 23.8. The third kappa shape index (κ3) is 5.00. The number of carbonyl (C=O) groups is 3. The van der Waals surface area contributed by atoms with Gasteiger partial charge in [-0.05, 0) is 31.7 Å². The molecule has 4 aliphatic heterocycles. The summed E-state index contributed by atoms with van der Waals surface area (Å²) in [4.78, 5) is 48.2. The average molecular weight is 550 g/mol. The molecule has 8 heteroatoms. The van der Waals surface area contributed by atoms with Gasteiger partial charge in [0.25, 0.3) is 0 Å². The highest BCUT2D eigenvalue weighted by Crippen LogP contribution is 2.57. The van der Waals surface area contributed by atoms with Crippen LogP contribution in [-0.4, -0.2) is 87.6 Å². The predicted octanol–water partition coefficient (Wildman–Crippen LogP) is 3.31. The van der Waals surface area contributed by atoms with E-state index < -0.39 is 29.1 Å². The van der Waals surface area contributed by atoms with Crippen LogP contribution >= 0.6 is 0 Å². The van der Waals surface area contributed by atoms with E-state index in [0.717, 1.165) is 44.1 Å². The molecule has 40 heavy (non-hydrogen) atoms. The van der Waals surface area contributed by atoms with E-state index in [4.69, 9.17) is 9.84 Å². The van der Waals surface area contributed by atoms with Crippen molar-refractivity contribution in [1.29, 1.82) is 0 Å². The second-order valence-corrected chi connectivity index (χ2v) is 11.8. The molecule has 1 aromatic rings. The molecule has 2 saturated heterocycles. The van der Waals surface area contributed by atoms with Gasteiger partial charge in [0.1, 0.15) is 11.6 Å². The molecule has 216 valence electrons. The van der Waals surface area contributed by atoms with E-state index in [0.29, 0.717) is 32.7 Å². The van der Waals surface area contributed by atoms with Crippen molar-refractivity contribution in [2.24, 2.45) is 11.8 Å². The number of rotatable bonds is 11. The van der Waals surface area contributed by atoms with E-state index in [1.54, 1.807) is 9.80 Å². The number of carbonyl (C=O) groups excluding carboxylic acids is 3. The van der Waals surface area contributed by atoms with Crippen LogP contribution in [-0.2, 0) is 25.7 Å². The van der Waals surface area contributed by atoms with Gasteiger partial charge in [-0.2, -0.15) is 0 Å². The zero-order valence-corrected chi connectivity index (χ0v) is 23.8. The maximum atomic E-state index is 14.4. The molecule has 5 atom stereocenters. The Morgan fingerprint density at radius 2 is 1.57 bits per heavy atom. The van der Waals surface area contributed by atoms with Crippen LogP contribution in [0, 0.1) is 11.8 Å². The lowest BCUT2D eigenvalue weighted by Gasteiger charge is -2.37. The fourth-order valence-electron chi connectivity index (χ4n) is 7.10. The summed E-state index contributed by atoms with van der Waals surface area (Å²) in [6.07, 6.45) is 12.8. The first-order chi connectivity index (χ1) is 19.4. The number of aliphatic hydroxyl groups is 1. The van der Waals surface area contributed by atoms with Crippen LogP contribution in [0.1, 0.15) is 57.9 Å². The molecule has 5 rings (SSSR count). The Labute approximate surface area is 237 Å². The lowest BCUT2D eigenvalue weighted by molar-refractivity contribution is -0.153. The molecular weight excluding hydrogens is 506 g/mol. The van der Waals surface area contributed by atoms with Crippen molar-refractivity contribution in [1.82, 2.24) is 14.7 Å². The molecule has 0 aliphatic carbocycles. The van der Waals surface area contributed by atoms with Gasteiger partial charge in [0.15, 0.2) is 0 Å². The molecule has 1 N–H and O–H groups in total. The van der Waals surface area contributed by atoms with Crippen molar-refractivity contribution in [2.45, 2.75) is 76.2 Å². The summed E-state index contributed by atoms with van der Waals surface area (Å²) in [5.74, 6) is -1.88. The molecule has 0 aromatic heterocycles. The van der Waals surface area contributed by atoms with Crippen LogP contribution in [0.3, 0.4) is 0 Å². The molecule has 4 aliphatic rings. The largest absolute Gasteiger partial charge is 0.396 e. The average Bonchev–Trinajstić information content (AvgIpc) is 3.22. The number of ether oxygens (including phenoxy) is 1. The van der Waals surface area contributed by atoms with Gasteiger partial charge in [-0.15, -0.1) is 0 Å². The first kappa shape index (κ1) is 28.6. The van der Waals surface area contributed by atoms with Crippen molar-refractivity contribution in [3.8, 4) is 0 Å². The molecule has 0 bridgehead atoms. The molecular formula is C32H43N3O5. The summed E-state index contributed by atoms with van der Waals surface area (Å²) in [6.45, 7) is 6.55. The van der Waals surface area contributed by atoms with Gasteiger partial charge in [0.2, 0.25) is 17.7 Å². The zero-order chi connectivity index (χ0) is 28.3. The van der Waals surface area contributed by atoms with Crippen LogP contribution in [0.15, 0.2) is 54.6 Å². The Morgan fingerprint density at radius 3 is 2.33 bits per heavy atom. The quantitative estimate of drug-likeness (QED) is 0.338. The maximum Gasteiger partial charge on any atom is 0.249 e. The normalized spacial score (nSPS) is 31.3. The number of likely N-dealkylation sites (tertiary alicyclic amines) is 1. The predicted molar refractivity (Wildman–Crippen MR) is 152 cm³/mol. The van der Waals surface area contributed by atoms with Crippen LogP contribution in [0.2, 0.25) is 0 Å². The Morgan fingerprint density at radius 1 is 0.850 bits per heavy atom. The van der Waals surface area contributed by atoms with Gasteiger partial charge in [0, 0.05) is 39.3 Å². The van der Waals surface area contributed by atoms with Gasteiger partial charge in [0.05, 0.1) is 17.4 Å². The Kier molecular flexibility index (Phi) is 8.47. The molecule has 2 fully saturated rings. The summed E-state index contributed by atoms with van der Waals surface area (Å²) < 4.78 is 6.90. The number of aliphatic hydroxyl groups excluding tert-OH is 1. The van der Waals surface area contributed by atoms with Gasteiger partial charge < -0.3 is 24.5 Å². The van der Waals surface area contributed by atoms with Crippen LogP contribution < -0.4 is 0 Å². The summed E-state index contributed by atoms with van der Waals surface area (Å²) in [5.41, 5.74) is -1.18. The monoisotopic (exact) mass is 549 g/mol. The van der Waals surface area contributed by atoms with Crippen LogP contribution in [0.5, 0.6) is 0 Å². The highest BCUT2D eigenvalue weighted by molar-refractivity contribution is 6.00. The topological polar surface area (TPSA) is 90.4 Å². The number of nitrogens with zero attached hydrogens (tertiary/aromatic N) is 3. The summed E-state index contributed by atoms with van der Waals surface area (Å²) in [7, 11) is 0. The SMILES string of the molecule is CCCCN1CC=C[C@]23O[C@@]4(C)C=CCN(Cc5ccccc5)C(=O)[C@H]4[C@H]2C(=O)N(CCCCCCO)C3C1=O. The van der Waals surface area contributed by atoms with Crippen molar-refractivity contribution < 1.29 is 24.2 Å². The third-order valence-corrected chi connectivity index (χ3v) is 9.03. The van der Waals surface area contributed by atoms with Crippen molar-refractivity contribution >= 4 is 17.7 Å². The summed E-state index contributed by atoms with van der Waals surface area (Å²) in [5, 5.41) is 9.16. The van der Waals surface area contributed by atoms with Gasteiger partial charge in [-0.25, -0.2) is 0 Å². The lowest BCUT2D eigenvalue weighted by Crippen LogP contribution is -2.56. The molecule has 1 aromatic carbocycles. The molecule has 8 nitrogen and oxygen atoms in total. The Balaban J connectivity index is 1.50. The highest BCUT2D eigenvalue weighted by Gasteiger charge is 2.74. The molecule has 1 spiro atoms. The number of hydrogen-bond acceptors (Lipinski definition) is 5. The second-order valence-electron chi connectivity index (χ2n) is 11.8. The minimum absolute atomic E-state index is 0.0951. The van der Waals surface area contributed by atoms with E-state index in [9.17, 15) is 14.4 Å². The molecule has 0 saturated carbocycles. The van der Waals surface area contributed by atoms with E-state index in [1.165, 1.54) is 0 Å². The van der Waals surface area contributed by atoms with E-state index in [1.807, 2.05) is 66.5 Å². The molecule has 3 amide bonds. The third-order valence-electron chi connectivity index (χ3n) is 9.03. The minimum Gasteiger partial charge on any atom is -0.396 e. The molecule has 4 heterocycles. The minimum atomic E-state index is -1.20. The molecule has 1 unspecified atom stereocenters. The highest BCUT2D eigenvalue weighted by atomic mass is 16.5. The second kappa shape index (κ2) is 11.9. The van der Waals surface area contributed by atoms with Gasteiger partial charge >= 0.3 is 0 Å². The van der Waals surface area contributed by atoms with E-state index >= 15 is 0 Å². The van der Waals surface area contributed by atoms with Gasteiger partial charge in [-0.3, -0.25) is 14.4 Å². The van der Waals surface area contributed by atoms with Crippen LogP contribution in [0.4, 0.5) is 0 Å². The van der Waals surface area contributed by atoms with Crippen molar-refractivity contribution in [2.75, 3.05) is 32.8 Å². The Bertz CT molecular complexity index is 1150. The summed E-state index contributed by atoms with van der Waals surface area (Å²) in [6, 6.07) is 9.07. The smallest absolute Gasteiger partial charge is 0.249 e. The summed E-state index contributed by atoms with van der Waals surface area (Å²) >= 11 is 0. The van der Waals surface area contributed by atoms with Crippen LogP contribution in [0.25, 0.3) is 0 Å². The number of fused-ring (bicyclic) bond motifs is 2. The molecule has 0 radical (unpaired) electrons. The first-order valence-electron chi connectivity index (χ1n) is 14.9. The fraction of sp³-hybridized carbons (Fsp3) is 0.594. The Hall–Kier alpha value is -2.97. The number of hydrogen-bond donors (Lipinski definition) is 1. The number of unbranched alkanes of at least 4 members (excludes halogenated alkanes) is 4. The first-order valence-corrected chi connectivity index (χ1v) is 14.9.